The van der Waals surface area contributed by atoms with Gasteiger partial charge in [-0.3, -0.25) is 0 Å². The molecule has 4 nitrogen and oxygen atoms in total. The van der Waals surface area contributed by atoms with E-state index in [-0.39, 0.29) is 0 Å². The smallest absolute Gasteiger partial charge is 0.138 e. The number of rotatable bonds is 4. The summed E-state index contributed by atoms with van der Waals surface area (Å²) in [6, 6.07) is 2.75. The average Bonchev–Trinajstić information content (AvgIpc) is 3.05. The minimum absolute atomic E-state index is 0.660. The number of fused-ring (bicyclic) bond motifs is 1. The minimum atomic E-state index is 0.660. The highest BCUT2D eigenvalue weighted by Crippen LogP contribution is 2.25. The number of nitrogens with one attached hydrogen (secondary N) is 1. The minimum Gasteiger partial charge on any atom is -0.369 e. The highest BCUT2D eigenvalue weighted by molar-refractivity contribution is 7.16. The Morgan fingerprint density at radius 3 is 3.16 bits per heavy atom. The van der Waals surface area contributed by atoms with Crippen LogP contribution in [0.25, 0.3) is 10.2 Å². The Kier molecular flexibility index (Phi) is 3.66. The number of hydrogen-bond acceptors (Lipinski definition) is 5. The summed E-state index contributed by atoms with van der Waals surface area (Å²) in [7, 11) is 0. The zero-order valence-electron chi connectivity index (χ0n) is 11.5. The van der Waals surface area contributed by atoms with Gasteiger partial charge in [0.05, 0.1) is 5.39 Å². The number of aromatic nitrogens is 2. The van der Waals surface area contributed by atoms with Crippen molar-refractivity contribution < 1.29 is 0 Å². The van der Waals surface area contributed by atoms with Crippen LogP contribution in [0.5, 0.6) is 0 Å². The third-order valence-corrected chi connectivity index (χ3v) is 4.69. The number of nitrogens with zero attached hydrogens (tertiary/aromatic N) is 3. The summed E-state index contributed by atoms with van der Waals surface area (Å²) < 4.78 is 0. The van der Waals surface area contributed by atoms with Gasteiger partial charge in [0.15, 0.2) is 0 Å². The molecule has 1 fully saturated rings. The third-order valence-electron chi connectivity index (χ3n) is 3.87. The highest BCUT2D eigenvalue weighted by Gasteiger charge is 2.24. The first kappa shape index (κ1) is 12.8. The number of hydrogen-bond donors (Lipinski definition) is 1. The maximum atomic E-state index is 4.37. The van der Waals surface area contributed by atoms with Gasteiger partial charge in [0.2, 0.25) is 0 Å². The molecule has 1 aliphatic rings. The molecule has 1 N–H and O–H groups in total. The van der Waals surface area contributed by atoms with Crippen LogP contribution in [0.2, 0.25) is 0 Å². The Hall–Kier alpha value is -1.20. The van der Waals surface area contributed by atoms with Gasteiger partial charge < -0.3 is 10.2 Å². The van der Waals surface area contributed by atoms with Gasteiger partial charge in [-0.1, -0.05) is 0 Å². The number of thiophene rings is 1. The molecule has 102 valence electrons. The lowest BCUT2D eigenvalue weighted by Gasteiger charge is -2.20. The fraction of sp³-hybridized carbons (Fsp3) is 0.571. The normalized spacial score (nSPS) is 20.5. The fourth-order valence-corrected chi connectivity index (χ4v) is 3.40. The van der Waals surface area contributed by atoms with Gasteiger partial charge in [-0.15, -0.1) is 11.3 Å². The number of anilines is 1. The van der Waals surface area contributed by atoms with Crippen molar-refractivity contribution in [3.63, 3.8) is 0 Å². The molecular weight excluding hydrogens is 256 g/mol. The molecule has 0 radical (unpaired) electrons. The topological polar surface area (TPSA) is 41.0 Å². The summed E-state index contributed by atoms with van der Waals surface area (Å²) in [5.74, 6) is 1.71. The SMILES string of the molecule is CC(C)N1CCC(CNc2ncnc3sccc23)C1. The van der Waals surface area contributed by atoms with Crippen LogP contribution in [0.4, 0.5) is 5.82 Å². The van der Waals surface area contributed by atoms with Crippen LogP contribution in [0, 0.1) is 5.92 Å². The quantitative estimate of drug-likeness (QED) is 0.932. The first-order valence-corrected chi connectivity index (χ1v) is 7.78. The summed E-state index contributed by atoms with van der Waals surface area (Å²) in [4.78, 5) is 12.3. The first-order chi connectivity index (χ1) is 9.24. The lowest BCUT2D eigenvalue weighted by Crippen LogP contribution is -2.29. The van der Waals surface area contributed by atoms with Crippen LogP contribution in [-0.2, 0) is 0 Å². The molecule has 0 bridgehead atoms. The van der Waals surface area contributed by atoms with Crippen LogP contribution in [0.15, 0.2) is 17.8 Å². The van der Waals surface area contributed by atoms with Crippen molar-refractivity contribution in [3.8, 4) is 0 Å². The third kappa shape index (κ3) is 2.72. The van der Waals surface area contributed by atoms with Crippen LogP contribution in [0.3, 0.4) is 0 Å². The summed E-state index contributed by atoms with van der Waals surface area (Å²) in [6.07, 6.45) is 2.93. The molecule has 2 aromatic heterocycles. The zero-order valence-corrected chi connectivity index (χ0v) is 12.3. The van der Waals surface area contributed by atoms with E-state index in [0.29, 0.717) is 6.04 Å². The lowest BCUT2D eigenvalue weighted by atomic mass is 10.1. The second kappa shape index (κ2) is 5.43. The predicted octanol–water partition coefficient (Wildman–Crippen LogP) is 2.83. The van der Waals surface area contributed by atoms with Gasteiger partial charge >= 0.3 is 0 Å². The zero-order chi connectivity index (χ0) is 13.2. The summed E-state index contributed by atoms with van der Waals surface area (Å²) >= 11 is 1.66. The van der Waals surface area contributed by atoms with E-state index >= 15 is 0 Å². The van der Waals surface area contributed by atoms with E-state index in [1.54, 1.807) is 17.7 Å². The van der Waals surface area contributed by atoms with Crippen LogP contribution >= 0.6 is 11.3 Å². The Morgan fingerprint density at radius 1 is 1.47 bits per heavy atom. The van der Waals surface area contributed by atoms with Crippen molar-refractivity contribution in [2.45, 2.75) is 26.3 Å². The van der Waals surface area contributed by atoms with Gasteiger partial charge in [-0.05, 0) is 44.2 Å². The maximum Gasteiger partial charge on any atom is 0.138 e. The van der Waals surface area contributed by atoms with Gasteiger partial charge in [-0.25, -0.2) is 9.97 Å². The Morgan fingerprint density at radius 2 is 2.37 bits per heavy atom. The molecule has 3 rings (SSSR count). The van der Waals surface area contributed by atoms with Crippen molar-refractivity contribution in [3.05, 3.63) is 17.8 Å². The Balaban J connectivity index is 1.62. The van der Waals surface area contributed by atoms with Gasteiger partial charge in [-0.2, -0.15) is 0 Å². The molecule has 1 atom stereocenters. The molecule has 3 heterocycles. The van der Waals surface area contributed by atoms with Gasteiger partial charge in [0.1, 0.15) is 17.0 Å². The van der Waals surface area contributed by atoms with E-state index in [1.807, 2.05) is 0 Å². The van der Waals surface area contributed by atoms with Crippen molar-refractivity contribution in [1.29, 1.82) is 0 Å². The molecule has 1 aliphatic heterocycles. The van der Waals surface area contributed by atoms with Crippen LogP contribution in [-0.4, -0.2) is 40.5 Å². The second-order valence-electron chi connectivity index (χ2n) is 5.49. The molecule has 0 saturated carbocycles. The molecule has 19 heavy (non-hydrogen) atoms. The standard InChI is InChI=1S/C14H20N4S/c1-10(2)18-5-3-11(8-18)7-15-13-12-4-6-19-14(12)17-9-16-13/h4,6,9-11H,3,5,7-8H2,1-2H3,(H,15,16,17). The van der Waals surface area contributed by atoms with E-state index in [4.69, 9.17) is 0 Å². The van der Waals surface area contributed by atoms with E-state index in [0.717, 1.165) is 28.5 Å². The van der Waals surface area contributed by atoms with E-state index in [9.17, 15) is 0 Å². The van der Waals surface area contributed by atoms with Gasteiger partial charge in [0, 0.05) is 19.1 Å². The molecule has 5 heteroatoms. The summed E-state index contributed by atoms with van der Waals surface area (Å²) in [6.45, 7) is 7.97. The lowest BCUT2D eigenvalue weighted by molar-refractivity contribution is 0.266. The molecule has 1 unspecified atom stereocenters. The fourth-order valence-electron chi connectivity index (χ4n) is 2.67. The molecule has 0 aromatic carbocycles. The van der Waals surface area contributed by atoms with Crippen molar-refractivity contribution in [1.82, 2.24) is 14.9 Å². The second-order valence-corrected chi connectivity index (χ2v) is 6.38. The highest BCUT2D eigenvalue weighted by atomic mass is 32.1. The Bertz CT molecular complexity index is 551. The molecule has 0 amide bonds. The van der Waals surface area contributed by atoms with Gasteiger partial charge in [0.25, 0.3) is 0 Å². The molecular formula is C14H20N4S. The van der Waals surface area contributed by atoms with E-state index in [2.05, 4.69) is 45.5 Å². The van der Waals surface area contributed by atoms with Crippen molar-refractivity contribution in [2.75, 3.05) is 25.0 Å². The number of likely N-dealkylation sites (tertiary alicyclic amines) is 1. The monoisotopic (exact) mass is 276 g/mol. The average molecular weight is 276 g/mol. The first-order valence-electron chi connectivity index (χ1n) is 6.90. The molecule has 1 saturated heterocycles. The predicted molar refractivity (Wildman–Crippen MR) is 80.7 cm³/mol. The molecule has 0 aliphatic carbocycles. The molecule has 2 aromatic rings. The van der Waals surface area contributed by atoms with Crippen LogP contribution < -0.4 is 5.32 Å². The summed E-state index contributed by atoms with van der Waals surface area (Å²) in [5.41, 5.74) is 0. The summed E-state index contributed by atoms with van der Waals surface area (Å²) in [5, 5.41) is 6.72. The van der Waals surface area contributed by atoms with Crippen molar-refractivity contribution >= 4 is 27.4 Å². The van der Waals surface area contributed by atoms with Crippen molar-refractivity contribution in [2.24, 2.45) is 5.92 Å². The molecule has 0 spiro atoms. The van der Waals surface area contributed by atoms with E-state index in [1.165, 1.54) is 19.5 Å². The van der Waals surface area contributed by atoms with Crippen LogP contribution in [0.1, 0.15) is 20.3 Å². The maximum absolute atomic E-state index is 4.37. The largest absolute Gasteiger partial charge is 0.369 e. The Labute approximate surface area is 117 Å². The van der Waals surface area contributed by atoms with E-state index < -0.39 is 0 Å².